The smallest absolute Gasteiger partial charge is 0.282 e. The molecule has 1 N–H and O–H groups in total. The lowest BCUT2D eigenvalue weighted by molar-refractivity contribution is 0.335. The summed E-state index contributed by atoms with van der Waals surface area (Å²) in [6.07, 6.45) is 0. The molecular weight excluding hydrogens is 244 g/mol. The summed E-state index contributed by atoms with van der Waals surface area (Å²) in [6, 6.07) is 0. The van der Waals surface area contributed by atoms with Crippen molar-refractivity contribution in [1.29, 1.82) is 0 Å². The molecule has 0 spiro atoms. The van der Waals surface area contributed by atoms with E-state index >= 15 is 0 Å². The van der Waals surface area contributed by atoms with Gasteiger partial charge in [0.1, 0.15) is 5.75 Å². The van der Waals surface area contributed by atoms with Crippen LogP contribution in [-0.4, -0.2) is 39.0 Å². The van der Waals surface area contributed by atoms with Crippen LogP contribution in [0.3, 0.4) is 0 Å². The highest BCUT2D eigenvalue weighted by Gasteiger charge is 2.28. The van der Waals surface area contributed by atoms with E-state index in [0.29, 0.717) is 0 Å². The first kappa shape index (κ1) is 14.4. The molecule has 0 bridgehead atoms. The van der Waals surface area contributed by atoms with Crippen molar-refractivity contribution < 1.29 is 25.6 Å². The molecule has 0 aliphatic heterocycles. The summed E-state index contributed by atoms with van der Waals surface area (Å²) < 4.78 is 56.6. The van der Waals surface area contributed by atoms with E-state index in [2.05, 4.69) is 16.0 Å². The van der Waals surface area contributed by atoms with E-state index in [4.69, 9.17) is 4.55 Å². The van der Waals surface area contributed by atoms with Crippen LogP contribution in [0.25, 0.3) is 0 Å². The lowest BCUT2D eigenvalue weighted by Crippen LogP contribution is -2.29. The van der Waals surface area contributed by atoms with Crippen molar-refractivity contribution in [3.8, 4) is 11.8 Å². The molecule has 0 aromatic rings. The van der Waals surface area contributed by atoms with E-state index in [9.17, 15) is 16.8 Å². The van der Waals surface area contributed by atoms with E-state index in [1.165, 1.54) is 13.8 Å². The van der Waals surface area contributed by atoms with Crippen LogP contribution >= 0.6 is 0 Å². The highest BCUT2D eigenvalue weighted by atomic mass is 32.2. The van der Waals surface area contributed by atoms with Gasteiger partial charge in [0.05, 0.1) is 6.61 Å². The molecule has 8 heteroatoms. The molecule has 0 rings (SSSR count). The van der Waals surface area contributed by atoms with Gasteiger partial charge in [-0.05, 0) is 13.8 Å². The van der Waals surface area contributed by atoms with Gasteiger partial charge < -0.3 is 0 Å². The topological polar surface area (TPSA) is 97.7 Å². The molecule has 0 radical (unpaired) electrons. The van der Waals surface area contributed by atoms with Crippen molar-refractivity contribution in [2.24, 2.45) is 0 Å². The summed E-state index contributed by atoms with van der Waals surface area (Å²) in [5, 5.41) is -1.56. The molecule has 1 atom stereocenters. The average molecular weight is 256 g/mol. The Balaban J connectivity index is 5.05. The molecule has 0 amide bonds. The Bertz CT molecular complexity index is 449. The summed E-state index contributed by atoms with van der Waals surface area (Å²) in [7, 11) is -8.49. The Morgan fingerprint density at radius 3 is 2.20 bits per heavy atom. The van der Waals surface area contributed by atoms with Gasteiger partial charge >= 0.3 is 0 Å². The fraction of sp³-hybridized carbons (Fsp3) is 0.714. The molecule has 15 heavy (non-hydrogen) atoms. The van der Waals surface area contributed by atoms with Gasteiger partial charge in [-0.1, -0.05) is 5.92 Å². The van der Waals surface area contributed by atoms with E-state index in [1.54, 1.807) is 0 Å². The van der Waals surface area contributed by atoms with Crippen LogP contribution in [-0.2, 0) is 24.4 Å². The normalized spacial score (nSPS) is 14.1. The van der Waals surface area contributed by atoms with E-state index in [-0.39, 0.29) is 6.61 Å². The van der Waals surface area contributed by atoms with Gasteiger partial charge in [-0.3, -0.25) is 8.74 Å². The van der Waals surface area contributed by atoms with Gasteiger partial charge in [-0.2, -0.15) is 16.8 Å². The Morgan fingerprint density at radius 1 is 1.33 bits per heavy atom. The molecule has 0 aromatic heterocycles. The summed E-state index contributed by atoms with van der Waals surface area (Å²) >= 11 is 0. The average Bonchev–Trinajstić information content (AvgIpc) is 2.01. The fourth-order valence-electron chi connectivity index (χ4n) is 0.796. The Kier molecular flexibility index (Phi) is 5.23. The molecule has 6 nitrogen and oxygen atoms in total. The monoisotopic (exact) mass is 256 g/mol. The third-order valence-corrected chi connectivity index (χ3v) is 3.81. The van der Waals surface area contributed by atoms with Crippen molar-refractivity contribution in [1.82, 2.24) is 0 Å². The van der Waals surface area contributed by atoms with E-state index in [1.807, 2.05) is 0 Å². The predicted octanol–water partition coefficient (Wildman–Crippen LogP) is -0.368. The zero-order valence-electron chi connectivity index (χ0n) is 8.30. The number of rotatable bonds is 5. The second kappa shape index (κ2) is 5.46. The highest BCUT2D eigenvalue weighted by molar-refractivity contribution is 7.90. The van der Waals surface area contributed by atoms with Crippen LogP contribution in [0.4, 0.5) is 0 Å². The standard InChI is InChI=1S/C7H12O6S2/c1-3-5-7(6-14(8,9)10)15(11,12)13-4-2/h7H,4,6H2,1-2H3,(H,8,9,10). The quantitative estimate of drug-likeness (QED) is 0.409. The molecule has 0 saturated heterocycles. The predicted molar refractivity (Wildman–Crippen MR) is 54.2 cm³/mol. The van der Waals surface area contributed by atoms with Crippen LogP contribution < -0.4 is 0 Å². The third-order valence-electron chi connectivity index (χ3n) is 1.30. The second-order valence-corrected chi connectivity index (χ2v) is 5.82. The minimum absolute atomic E-state index is 0.115. The van der Waals surface area contributed by atoms with Crippen molar-refractivity contribution in [3.05, 3.63) is 0 Å². The van der Waals surface area contributed by atoms with Crippen LogP contribution in [0.5, 0.6) is 0 Å². The summed E-state index contributed by atoms with van der Waals surface area (Å²) in [4.78, 5) is 0. The first-order valence-corrected chi connectivity index (χ1v) is 7.06. The highest BCUT2D eigenvalue weighted by Crippen LogP contribution is 2.06. The minimum atomic E-state index is -4.41. The lowest BCUT2D eigenvalue weighted by Gasteiger charge is -2.09. The van der Waals surface area contributed by atoms with Crippen molar-refractivity contribution >= 4 is 20.2 Å². The van der Waals surface area contributed by atoms with Gasteiger partial charge in [0, 0.05) is 0 Å². The van der Waals surface area contributed by atoms with Crippen LogP contribution in [0.15, 0.2) is 0 Å². The first-order valence-electron chi connectivity index (χ1n) is 3.98. The van der Waals surface area contributed by atoms with Gasteiger partial charge in [-0.25, -0.2) is 0 Å². The van der Waals surface area contributed by atoms with E-state index < -0.39 is 31.2 Å². The van der Waals surface area contributed by atoms with Gasteiger partial charge in [0.15, 0.2) is 5.25 Å². The maximum Gasteiger partial charge on any atom is 0.282 e. The lowest BCUT2D eigenvalue weighted by atomic mass is 10.5. The number of hydrogen-bond donors (Lipinski definition) is 1. The summed E-state index contributed by atoms with van der Waals surface area (Å²) in [6.45, 7) is 2.69. The largest absolute Gasteiger partial charge is 0.285 e. The van der Waals surface area contributed by atoms with Crippen LogP contribution in [0.2, 0.25) is 0 Å². The Hall–Kier alpha value is -0.620. The molecule has 0 aliphatic carbocycles. The minimum Gasteiger partial charge on any atom is -0.285 e. The maximum absolute atomic E-state index is 11.3. The van der Waals surface area contributed by atoms with Crippen LogP contribution in [0.1, 0.15) is 13.8 Å². The summed E-state index contributed by atoms with van der Waals surface area (Å²) in [5.74, 6) is 3.44. The van der Waals surface area contributed by atoms with Gasteiger partial charge in [-0.15, -0.1) is 5.92 Å². The molecular formula is C7H12O6S2. The Labute approximate surface area is 89.5 Å². The van der Waals surface area contributed by atoms with Crippen molar-refractivity contribution in [3.63, 3.8) is 0 Å². The second-order valence-electron chi connectivity index (χ2n) is 2.53. The first-order chi connectivity index (χ1) is 6.73. The zero-order chi connectivity index (χ0) is 12.1. The van der Waals surface area contributed by atoms with E-state index in [0.717, 1.165) is 0 Å². The molecule has 0 saturated carbocycles. The van der Waals surface area contributed by atoms with Gasteiger partial charge in [0.25, 0.3) is 20.2 Å². The molecule has 0 aromatic carbocycles. The maximum atomic E-state index is 11.3. The van der Waals surface area contributed by atoms with Crippen molar-refractivity contribution in [2.75, 3.05) is 12.4 Å². The molecule has 1 unspecified atom stereocenters. The van der Waals surface area contributed by atoms with Crippen LogP contribution in [0, 0.1) is 11.8 Å². The fourth-order valence-corrected chi connectivity index (χ4v) is 3.20. The van der Waals surface area contributed by atoms with Crippen molar-refractivity contribution in [2.45, 2.75) is 19.1 Å². The number of hydrogen-bond acceptors (Lipinski definition) is 5. The molecule has 88 valence electrons. The summed E-state index contributed by atoms with van der Waals surface area (Å²) in [5.41, 5.74) is 0. The third kappa shape index (κ3) is 5.74. The van der Waals surface area contributed by atoms with Gasteiger partial charge in [0.2, 0.25) is 0 Å². The molecule has 0 fully saturated rings. The Morgan fingerprint density at radius 2 is 1.87 bits per heavy atom. The zero-order valence-corrected chi connectivity index (χ0v) is 9.93. The molecule has 0 aliphatic rings. The SMILES string of the molecule is CC#CC(CS(=O)(=O)O)S(=O)(=O)OCC. The molecule has 0 heterocycles.